The normalized spacial score (nSPS) is 21.9. The highest BCUT2D eigenvalue weighted by Crippen LogP contribution is 2.19. The minimum Gasteiger partial charge on any atom is -0.368 e. The average molecular weight is 212 g/mol. The van der Waals surface area contributed by atoms with Crippen LogP contribution in [0.2, 0.25) is 0 Å². The Morgan fingerprint density at radius 3 is 2.53 bits per heavy atom. The number of rotatable bonds is 4. The minimum absolute atomic E-state index is 0.0206. The van der Waals surface area contributed by atoms with Crippen LogP contribution in [0.25, 0.3) is 0 Å². The largest absolute Gasteiger partial charge is 0.368 e. The Kier molecular flexibility index (Phi) is 3.50. The van der Waals surface area contributed by atoms with Crippen LogP contribution < -0.4 is 5.32 Å². The van der Waals surface area contributed by atoms with Crippen LogP contribution in [0.15, 0.2) is 4.99 Å². The average Bonchev–Trinajstić information content (AvgIpc) is 2.47. The summed E-state index contributed by atoms with van der Waals surface area (Å²) >= 11 is 0. The van der Waals surface area contributed by atoms with Crippen molar-refractivity contribution in [3.63, 3.8) is 0 Å². The summed E-state index contributed by atoms with van der Waals surface area (Å²) in [6, 6.07) is -0.264. The van der Waals surface area contributed by atoms with Crippen LogP contribution in [0.5, 0.6) is 0 Å². The summed E-state index contributed by atoms with van der Waals surface area (Å²) in [6.45, 7) is 10.3. The van der Waals surface area contributed by atoms with Crippen molar-refractivity contribution in [2.75, 3.05) is 6.61 Å². The third kappa shape index (κ3) is 2.56. The summed E-state index contributed by atoms with van der Waals surface area (Å²) in [5.41, 5.74) is -0.506. The summed E-state index contributed by atoms with van der Waals surface area (Å²) in [5.74, 6) is 0.848. The number of amides is 1. The molecule has 86 valence electrons. The molecule has 1 amide bonds. The molecule has 0 bridgehead atoms. The zero-order chi connectivity index (χ0) is 11.6. The van der Waals surface area contributed by atoms with Crippen molar-refractivity contribution in [2.24, 2.45) is 10.9 Å². The summed E-state index contributed by atoms with van der Waals surface area (Å²) in [5, 5.41) is 2.80. The van der Waals surface area contributed by atoms with Gasteiger partial charge in [-0.2, -0.15) is 0 Å². The number of ether oxygens (including phenoxy) is 1. The van der Waals surface area contributed by atoms with Crippen LogP contribution in [-0.2, 0) is 9.53 Å². The fraction of sp³-hybridized carbons (Fsp3) is 0.818. The van der Waals surface area contributed by atoms with Crippen LogP contribution in [0.3, 0.4) is 0 Å². The first-order chi connectivity index (χ1) is 6.88. The van der Waals surface area contributed by atoms with Crippen molar-refractivity contribution in [2.45, 2.75) is 46.3 Å². The van der Waals surface area contributed by atoms with E-state index in [9.17, 15) is 4.79 Å². The second kappa shape index (κ2) is 4.31. The van der Waals surface area contributed by atoms with Gasteiger partial charge in [0.25, 0.3) is 0 Å². The van der Waals surface area contributed by atoms with Crippen LogP contribution in [-0.4, -0.2) is 30.0 Å². The number of carbonyl (C=O) groups excluding carboxylic acids is 1. The Hall–Kier alpha value is -0.900. The van der Waals surface area contributed by atoms with E-state index in [0.29, 0.717) is 12.4 Å². The van der Waals surface area contributed by atoms with Crippen LogP contribution in [0, 0.1) is 5.92 Å². The number of nitrogens with zero attached hydrogens (tertiary/aromatic N) is 1. The monoisotopic (exact) mass is 212 g/mol. The van der Waals surface area contributed by atoms with E-state index in [1.807, 2.05) is 34.6 Å². The maximum Gasteiger partial charge on any atom is 0.250 e. The van der Waals surface area contributed by atoms with E-state index in [1.54, 1.807) is 0 Å². The number of nitrogens with one attached hydrogen (secondary N) is 1. The first-order valence-corrected chi connectivity index (χ1v) is 5.41. The topological polar surface area (TPSA) is 50.7 Å². The van der Waals surface area contributed by atoms with E-state index in [1.165, 1.54) is 0 Å². The van der Waals surface area contributed by atoms with Crippen molar-refractivity contribution in [1.29, 1.82) is 0 Å². The van der Waals surface area contributed by atoms with E-state index < -0.39 is 5.60 Å². The molecule has 1 heterocycles. The highest BCUT2D eigenvalue weighted by molar-refractivity contribution is 6.09. The molecule has 0 spiro atoms. The van der Waals surface area contributed by atoms with Crippen molar-refractivity contribution < 1.29 is 9.53 Å². The zero-order valence-corrected chi connectivity index (χ0v) is 10.1. The molecule has 0 saturated carbocycles. The highest BCUT2D eigenvalue weighted by Gasteiger charge is 2.36. The molecular formula is C11H20N2O2. The second-order valence-corrected chi connectivity index (χ2v) is 4.60. The van der Waals surface area contributed by atoms with Gasteiger partial charge in [-0.05, 0) is 26.7 Å². The SMILES string of the molecule is CCOC(C)(C)C1=NC(C(C)C)C(=O)N1. The van der Waals surface area contributed by atoms with Crippen molar-refractivity contribution in [3.05, 3.63) is 0 Å². The van der Waals surface area contributed by atoms with Gasteiger partial charge in [0.05, 0.1) is 0 Å². The molecular weight excluding hydrogens is 192 g/mol. The predicted octanol–water partition coefficient (Wildman–Crippen LogP) is 1.35. The molecule has 1 aliphatic rings. The van der Waals surface area contributed by atoms with E-state index in [-0.39, 0.29) is 17.9 Å². The van der Waals surface area contributed by atoms with Crippen LogP contribution in [0.1, 0.15) is 34.6 Å². The molecule has 0 aromatic heterocycles. The van der Waals surface area contributed by atoms with Gasteiger partial charge in [-0.1, -0.05) is 13.8 Å². The number of aliphatic imine (C=N–C) groups is 1. The van der Waals surface area contributed by atoms with Gasteiger partial charge in [0.2, 0.25) is 5.91 Å². The summed E-state index contributed by atoms with van der Waals surface area (Å²) < 4.78 is 5.54. The van der Waals surface area contributed by atoms with Gasteiger partial charge < -0.3 is 10.1 Å². The lowest BCUT2D eigenvalue weighted by atomic mass is 10.1. The standard InChI is InChI=1S/C11H20N2O2/c1-6-15-11(4,5)10-12-8(7(2)3)9(14)13-10/h7-8H,6H2,1-5H3,(H,12,13,14). The van der Waals surface area contributed by atoms with E-state index in [0.717, 1.165) is 0 Å². The van der Waals surface area contributed by atoms with E-state index in [4.69, 9.17) is 4.74 Å². The highest BCUT2D eigenvalue weighted by atomic mass is 16.5. The molecule has 15 heavy (non-hydrogen) atoms. The number of carbonyl (C=O) groups is 1. The van der Waals surface area contributed by atoms with E-state index in [2.05, 4.69) is 10.3 Å². The molecule has 0 saturated heterocycles. The molecule has 4 heteroatoms. The van der Waals surface area contributed by atoms with Crippen molar-refractivity contribution in [3.8, 4) is 0 Å². The smallest absolute Gasteiger partial charge is 0.250 e. The molecule has 4 nitrogen and oxygen atoms in total. The number of hydrogen-bond acceptors (Lipinski definition) is 3. The fourth-order valence-corrected chi connectivity index (χ4v) is 1.61. The third-order valence-corrected chi connectivity index (χ3v) is 2.49. The molecule has 1 atom stereocenters. The molecule has 1 unspecified atom stereocenters. The van der Waals surface area contributed by atoms with E-state index >= 15 is 0 Å². The van der Waals surface area contributed by atoms with Gasteiger partial charge in [0.15, 0.2) is 0 Å². The minimum atomic E-state index is -0.506. The van der Waals surface area contributed by atoms with Gasteiger partial charge in [0.1, 0.15) is 17.5 Å². The quantitative estimate of drug-likeness (QED) is 0.765. The molecule has 0 aliphatic carbocycles. The summed E-state index contributed by atoms with van der Waals surface area (Å²) in [4.78, 5) is 16.0. The Morgan fingerprint density at radius 2 is 2.13 bits per heavy atom. The maximum atomic E-state index is 11.6. The molecule has 1 rings (SSSR count). The van der Waals surface area contributed by atoms with Gasteiger partial charge >= 0.3 is 0 Å². The lowest BCUT2D eigenvalue weighted by Crippen LogP contribution is -2.44. The lowest BCUT2D eigenvalue weighted by molar-refractivity contribution is -0.121. The van der Waals surface area contributed by atoms with Crippen LogP contribution in [0.4, 0.5) is 0 Å². The van der Waals surface area contributed by atoms with Gasteiger partial charge in [0, 0.05) is 6.61 Å². The first kappa shape index (κ1) is 12.2. The Balaban J connectivity index is 2.81. The Bertz CT molecular complexity index is 282. The van der Waals surface area contributed by atoms with Crippen molar-refractivity contribution in [1.82, 2.24) is 5.32 Å². The van der Waals surface area contributed by atoms with Gasteiger partial charge in [-0.3, -0.25) is 9.79 Å². The molecule has 0 aromatic rings. The fourth-order valence-electron chi connectivity index (χ4n) is 1.61. The molecule has 0 aromatic carbocycles. The zero-order valence-electron chi connectivity index (χ0n) is 10.1. The number of hydrogen-bond donors (Lipinski definition) is 1. The molecule has 0 fully saturated rings. The van der Waals surface area contributed by atoms with Gasteiger partial charge in [-0.25, -0.2) is 0 Å². The first-order valence-electron chi connectivity index (χ1n) is 5.41. The van der Waals surface area contributed by atoms with Crippen LogP contribution >= 0.6 is 0 Å². The lowest BCUT2D eigenvalue weighted by Gasteiger charge is -2.24. The second-order valence-electron chi connectivity index (χ2n) is 4.60. The summed E-state index contributed by atoms with van der Waals surface area (Å²) in [6.07, 6.45) is 0. The third-order valence-electron chi connectivity index (χ3n) is 2.49. The Labute approximate surface area is 91.1 Å². The Morgan fingerprint density at radius 1 is 1.53 bits per heavy atom. The summed E-state index contributed by atoms with van der Waals surface area (Å²) in [7, 11) is 0. The molecule has 1 N–H and O–H groups in total. The molecule has 1 aliphatic heterocycles. The van der Waals surface area contributed by atoms with Crippen molar-refractivity contribution >= 4 is 11.7 Å². The predicted molar refractivity (Wildman–Crippen MR) is 59.9 cm³/mol. The molecule has 0 radical (unpaired) electrons. The number of amidine groups is 1. The maximum absolute atomic E-state index is 11.6. The van der Waals surface area contributed by atoms with Gasteiger partial charge in [-0.15, -0.1) is 0 Å².